The second kappa shape index (κ2) is 4.00. The van der Waals surface area contributed by atoms with E-state index < -0.39 is 0 Å². The molecule has 1 saturated carbocycles. The summed E-state index contributed by atoms with van der Waals surface area (Å²) in [4.78, 5) is 0. The van der Waals surface area contributed by atoms with Crippen molar-refractivity contribution >= 4 is 0 Å². The Hall–Kier alpha value is 0. The molecule has 10 heavy (non-hydrogen) atoms. The van der Waals surface area contributed by atoms with E-state index in [0.717, 1.165) is 11.8 Å². The first-order valence-corrected chi connectivity index (χ1v) is 4.68. The van der Waals surface area contributed by atoms with Gasteiger partial charge in [-0.05, 0) is 18.3 Å². The van der Waals surface area contributed by atoms with Gasteiger partial charge < -0.3 is 0 Å². The largest absolute Gasteiger partial charge is 0.0651 e. The fourth-order valence-electron chi connectivity index (χ4n) is 1.75. The van der Waals surface area contributed by atoms with Gasteiger partial charge in [-0.3, -0.25) is 0 Å². The van der Waals surface area contributed by atoms with Crippen LogP contribution in [0.1, 0.15) is 46.0 Å². The van der Waals surface area contributed by atoms with E-state index in [9.17, 15) is 0 Å². The average Bonchev–Trinajstić information content (AvgIpc) is 2.40. The molecule has 0 amide bonds. The smallest absolute Gasteiger partial charge is 0.0327 e. The van der Waals surface area contributed by atoms with E-state index in [1.54, 1.807) is 0 Å². The minimum Gasteiger partial charge on any atom is -0.0651 e. The zero-order valence-corrected chi connectivity index (χ0v) is 7.27. The molecule has 0 aliphatic heterocycles. The van der Waals surface area contributed by atoms with Gasteiger partial charge in [-0.15, -0.1) is 0 Å². The molecule has 0 heterocycles. The highest BCUT2D eigenvalue weighted by Crippen LogP contribution is 2.29. The SMILES string of the molecule is CCC(C)[CH]C1CCCC1. The van der Waals surface area contributed by atoms with Gasteiger partial charge in [-0.25, -0.2) is 0 Å². The van der Waals surface area contributed by atoms with Crippen molar-refractivity contribution in [2.45, 2.75) is 46.0 Å². The van der Waals surface area contributed by atoms with E-state index in [1.807, 2.05) is 0 Å². The molecule has 1 fully saturated rings. The molecule has 0 spiro atoms. The Morgan fingerprint density at radius 3 is 2.50 bits per heavy atom. The van der Waals surface area contributed by atoms with Gasteiger partial charge in [0.1, 0.15) is 0 Å². The summed E-state index contributed by atoms with van der Waals surface area (Å²) in [5.74, 6) is 1.82. The molecule has 1 aliphatic carbocycles. The second-order valence-electron chi connectivity index (χ2n) is 3.62. The molecule has 0 N–H and O–H groups in total. The zero-order chi connectivity index (χ0) is 7.40. The highest BCUT2D eigenvalue weighted by atomic mass is 14.2. The molecule has 1 aliphatic rings. The Morgan fingerprint density at radius 2 is 2.00 bits per heavy atom. The van der Waals surface area contributed by atoms with Crippen LogP contribution in [0.4, 0.5) is 0 Å². The standard InChI is InChI=1S/C10H19/c1-3-9(2)8-10-6-4-5-7-10/h8-10H,3-7H2,1-2H3. The molecule has 0 nitrogen and oxygen atoms in total. The minimum absolute atomic E-state index is 0.850. The van der Waals surface area contributed by atoms with Gasteiger partial charge in [-0.1, -0.05) is 46.0 Å². The monoisotopic (exact) mass is 139 g/mol. The lowest BCUT2D eigenvalue weighted by Gasteiger charge is -2.12. The van der Waals surface area contributed by atoms with Crippen LogP contribution in [0, 0.1) is 18.3 Å². The van der Waals surface area contributed by atoms with Crippen LogP contribution in [0.3, 0.4) is 0 Å². The van der Waals surface area contributed by atoms with Crippen molar-refractivity contribution in [3.8, 4) is 0 Å². The van der Waals surface area contributed by atoms with Crippen molar-refractivity contribution in [1.82, 2.24) is 0 Å². The van der Waals surface area contributed by atoms with Gasteiger partial charge in [0.25, 0.3) is 0 Å². The lowest BCUT2D eigenvalue weighted by atomic mass is 9.93. The number of hydrogen-bond donors (Lipinski definition) is 0. The molecular weight excluding hydrogens is 120 g/mol. The van der Waals surface area contributed by atoms with Crippen LogP contribution in [0.15, 0.2) is 0 Å². The summed E-state index contributed by atoms with van der Waals surface area (Å²) in [6.45, 7) is 4.61. The molecule has 0 saturated heterocycles. The Kier molecular flexibility index (Phi) is 3.24. The third-order valence-corrected chi connectivity index (χ3v) is 2.64. The van der Waals surface area contributed by atoms with Crippen LogP contribution >= 0.6 is 0 Å². The molecule has 0 bridgehead atoms. The molecule has 1 rings (SSSR count). The van der Waals surface area contributed by atoms with Crippen LogP contribution in [-0.2, 0) is 0 Å². The summed E-state index contributed by atoms with van der Waals surface area (Å²) in [5.41, 5.74) is 0. The van der Waals surface area contributed by atoms with Crippen LogP contribution in [0.2, 0.25) is 0 Å². The molecule has 1 atom stereocenters. The maximum Gasteiger partial charge on any atom is -0.0327 e. The first kappa shape index (κ1) is 8.10. The van der Waals surface area contributed by atoms with E-state index in [4.69, 9.17) is 0 Å². The Bertz CT molecular complexity index is 80.0. The summed E-state index contributed by atoms with van der Waals surface area (Å²) < 4.78 is 0. The summed E-state index contributed by atoms with van der Waals surface area (Å²) >= 11 is 0. The molecule has 0 aromatic rings. The highest BCUT2D eigenvalue weighted by molar-refractivity contribution is 4.83. The Morgan fingerprint density at radius 1 is 1.40 bits per heavy atom. The third-order valence-electron chi connectivity index (χ3n) is 2.64. The quantitative estimate of drug-likeness (QED) is 0.562. The van der Waals surface area contributed by atoms with Crippen molar-refractivity contribution in [2.24, 2.45) is 11.8 Å². The third kappa shape index (κ3) is 2.32. The van der Waals surface area contributed by atoms with E-state index in [1.165, 1.54) is 32.1 Å². The van der Waals surface area contributed by atoms with Crippen LogP contribution < -0.4 is 0 Å². The number of hydrogen-bond acceptors (Lipinski definition) is 0. The Balaban J connectivity index is 2.11. The maximum atomic E-state index is 2.56. The molecule has 59 valence electrons. The van der Waals surface area contributed by atoms with E-state index in [-0.39, 0.29) is 0 Å². The normalized spacial score (nSPS) is 23.4. The van der Waals surface area contributed by atoms with E-state index in [0.29, 0.717) is 0 Å². The lowest BCUT2D eigenvalue weighted by Crippen LogP contribution is -2.02. The van der Waals surface area contributed by atoms with Crippen molar-refractivity contribution in [3.05, 3.63) is 6.42 Å². The maximum absolute atomic E-state index is 2.56. The first-order chi connectivity index (χ1) is 4.83. The predicted octanol–water partition coefficient (Wildman–Crippen LogP) is 3.43. The summed E-state index contributed by atoms with van der Waals surface area (Å²) in [5, 5.41) is 0. The number of rotatable bonds is 3. The van der Waals surface area contributed by atoms with Gasteiger partial charge in [0, 0.05) is 0 Å². The van der Waals surface area contributed by atoms with E-state index in [2.05, 4.69) is 20.3 Å². The average molecular weight is 139 g/mol. The van der Waals surface area contributed by atoms with Crippen LogP contribution in [-0.4, -0.2) is 0 Å². The van der Waals surface area contributed by atoms with Crippen LogP contribution in [0.5, 0.6) is 0 Å². The molecular formula is C10H19. The minimum atomic E-state index is 0.850. The van der Waals surface area contributed by atoms with Gasteiger partial charge >= 0.3 is 0 Å². The summed E-state index contributed by atoms with van der Waals surface area (Å²) in [6, 6.07) is 0. The van der Waals surface area contributed by atoms with Gasteiger partial charge in [-0.2, -0.15) is 0 Å². The van der Waals surface area contributed by atoms with Crippen molar-refractivity contribution < 1.29 is 0 Å². The predicted molar refractivity (Wildman–Crippen MR) is 45.7 cm³/mol. The van der Waals surface area contributed by atoms with E-state index >= 15 is 0 Å². The van der Waals surface area contributed by atoms with Crippen molar-refractivity contribution in [2.75, 3.05) is 0 Å². The Labute approximate surface area is 65.0 Å². The molecule has 0 aromatic heterocycles. The van der Waals surface area contributed by atoms with Gasteiger partial charge in [0.2, 0.25) is 0 Å². The lowest BCUT2D eigenvalue weighted by molar-refractivity contribution is 0.512. The first-order valence-electron chi connectivity index (χ1n) is 4.68. The van der Waals surface area contributed by atoms with Gasteiger partial charge in [0.15, 0.2) is 0 Å². The van der Waals surface area contributed by atoms with Gasteiger partial charge in [0.05, 0.1) is 0 Å². The molecule has 1 radical (unpaired) electrons. The summed E-state index contributed by atoms with van der Waals surface area (Å²) in [7, 11) is 0. The zero-order valence-electron chi connectivity index (χ0n) is 7.27. The van der Waals surface area contributed by atoms with Crippen molar-refractivity contribution in [3.63, 3.8) is 0 Å². The highest BCUT2D eigenvalue weighted by Gasteiger charge is 2.16. The fraction of sp³-hybridized carbons (Fsp3) is 0.900. The molecule has 0 aromatic carbocycles. The fourth-order valence-corrected chi connectivity index (χ4v) is 1.75. The molecule has 1 unspecified atom stereocenters. The van der Waals surface area contributed by atoms with Crippen molar-refractivity contribution in [1.29, 1.82) is 0 Å². The molecule has 0 heteroatoms. The topological polar surface area (TPSA) is 0 Å². The van der Waals surface area contributed by atoms with Crippen LogP contribution in [0.25, 0.3) is 0 Å². The second-order valence-corrected chi connectivity index (χ2v) is 3.62. The summed E-state index contributed by atoms with van der Waals surface area (Å²) in [6.07, 6.45) is 9.74.